The van der Waals surface area contributed by atoms with Gasteiger partial charge in [0.25, 0.3) is 0 Å². The Morgan fingerprint density at radius 1 is 0.943 bits per heavy atom. The number of hydrogen-bond donors (Lipinski definition) is 5. The predicted octanol–water partition coefficient (Wildman–Crippen LogP) is 2.73. The molecular weight excluding hydrogens is 442 g/mol. The number of carbonyl (C=O) groups excluding carboxylic acids is 1. The lowest BCUT2D eigenvalue weighted by Gasteiger charge is -2.22. The second-order valence-electron chi connectivity index (χ2n) is 9.21. The Kier molecular flexibility index (Phi) is 11.7. The zero-order valence-electron chi connectivity index (χ0n) is 20.5. The van der Waals surface area contributed by atoms with Gasteiger partial charge in [-0.3, -0.25) is 19.9 Å². The normalized spacial score (nSPS) is 15.0. The minimum atomic E-state index is -1.03. The quantitative estimate of drug-likeness (QED) is 0.249. The fourth-order valence-electron chi connectivity index (χ4n) is 4.31. The molecular formula is C27H39N5O3. The van der Waals surface area contributed by atoms with Gasteiger partial charge in [0.05, 0.1) is 18.2 Å². The summed E-state index contributed by atoms with van der Waals surface area (Å²) in [5, 5.41) is 22.2. The number of aliphatic carboxylic acids is 1. The van der Waals surface area contributed by atoms with Crippen LogP contribution in [0, 0.1) is 0 Å². The summed E-state index contributed by atoms with van der Waals surface area (Å²) < 4.78 is 0. The molecule has 8 heteroatoms. The number of carbonyl (C=O) groups is 2. The maximum Gasteiger partial charge on any atom is 0.305 e. The highest BCUT2D eigenvalue weighted by Gasteiger charge is 2.21. The van der Waals surface area contributed by atoms with Gasteiger partial charge in [-0.15, -0.1) is 0 Å². The van der Waals surface area contributed by atoms with E-state index in [1.54, 1.807) is 6.20 Å². The van der Waals surface area contributed by atoms with Crippen LogP contribution in [0.2, 0.25) is 0 Å². The van der Waals surface area contributed by atoms with Crippen molar-refractivity contribution in [2.24, 2.45) is 0 Å². The van der Waals surface area contributed by atoms with Gasteiger partial charge in [-0.2, -0.15) is 0 Å². The number of nitrogens with zero attached hydrogens (tertiary/aromatic N) is 1. The fraction of sp³-hybridized carbons (Fsp3) is 0.519. The van der Waals surface area contributed by atoms with Gasteiger partial charge in [-0.1, -0.05) is 49.6 Å². The molecule has 0 spiro atoms. The highest BCUT2D eigenvalue weighted by Crippen LogP contribution is 2.17. The zero-order chi connectivity index (χ0) is 24.7. The van der Waals surface area contributed by atoms with E-state index >= 15 is 0 Å². The fourth-order valence-corrected chi connectivity index (χ4v) is 4.31. The van der Waals surface area contributed by atoms with Gasteiger partial charge in [0.2, 0.25) is 5.91 Å². The third-order valence-corrected chi connectivity index (χ3v) is 6.34. The van der Waals surface area contributed by atoms with Gasteiger partial charge in [0, 0.05) is 31.9 Å². The highest BCUT2D eigenvalue weighted by atomic mass is 16.4. The van der Waals surface area contributed by atoms with E-state index in [1.807, 2.05) is 30.3 Å². The number of benzene rings is 1. The summed E-state index contributed by atoms with van der Waals surface area (Å²) in [4.78, 5) is 28.0. The van der Waals surface area contributed by atoms with Crippen LogP contribution < -0.4 is 21.3 Å². The van der Waals surface area contributed by atoms with Gasteiger partial charge < -0.3 is 21.1 Å². The smallest absolute Gasteiger partial charge is 0.305 e. The van der Waals surface area contributed by atoms with E-state index in [4.69, 9.17) is 0 Å². The molecule has 1 fully saturated rings. The molecule has 1 heterocycles. The molecule has 5 N–H and O–H groups in total. The van der Waals surface area contributed by atoms with E-state index in [0.29, 0.717) is 19.1 Å². The molecule has 3 rings (SSSR count). The van der Waals surface area contributed by atoms with Crippen LogP contribution in [0.1, 0.15) is 61.8 Å². The van der Waals surface area contributed by atoms with Crippen LogP contribution in [-0.4, -0.2) is 47.1 Å². The third kappa shape index (κ3) is 10.5. The predicted molar refractivity (Wildman–Crippen MR) is 137 cm³/mol. The van der Waals surface area contributed by atoms with Gasteiger partial charge in [0.15, 0.2) is 0 Å². The third-order valence-electron chi connectivity index (χ3n) is 6.34. The molecule has 1 aliphatic rings. The first-order valence-corrected chi connectivity index (χ1v) is 12.7. The minimum Gasteiger partial charge on any atom is -0.481 e. The van der Waals surface area contributed by atoms with Gasteiger partial charge in [-0.25, -0.2) is 0 Å². The van der Waals surface area contributed by atoms with Crippen LogP contribution >= 0.6 is 0 Å². The first kappa shape index (κ1) is 26.8. The maximum absolute atomic E-state index is 12.6. The molecule has 0 unspecified atom stereocenters. The van der Waals surface area contributed by atoms with Crippen LogP contribution in [0.4, 0.5) is 0 Å². The van der Waals surface area contributed by atoms with Crippen molar-refractivity contribution >= 4 is 11.9 Å². The number of carboxylic acid groups (broad SMARTS) is 1. The Morgan fingerprint density at radius 2 is 1.69 bits per heavy atom. The monoisotopic (exact) mass is 481 g/mol. The van der Waals surface area contributed by atoms with Crippen molar-refractivity contribution in [3.63, 3.8) is 0 Å². The number of hydrogen-bond acceptors (Lipinski definition) is 6. The van der Waals surface area contributed by atoms with Crippen molar-refractivity contribution in [1.82, 2.24) is 26.3 Å². The Morgan fingerprint density at radius 3 is 2.37 bits per heavy atom. The molecule has 1 aromatic heterocycles. The largest absolute Gasteiger partial charge is 0.481 e. The summed E-state index contributed by atoms with van der Waals surface area (Å²) in [6, 6.07) is 13.5. The Balaban J connectivity index is 1.33. The topological polar surface area (TPSA) is 115 Å². The van der Waals surface area contributed by atoms with Crippen molar-refractivity contribution in [3.8, 4) is 0 Å². The number of amides is 1. The van der Waals surface area contributed by atoms with Gasteiger partial charge in [0.1, 0.15) is 0 Å². The minimum absolute atomic E-state index is 0.292. The lowest BCUT2D eigenvalue weighted by atomic mass is 9.95. The maximum atomic E-state index is 12.6. The molecule has 190 valence electrons. The molecule has 0 radical (unpaired) electrons. The number of pyridine rings is 1. The van der Waals surface area contributed by atoms with Crippen LogP contribution in [0.15, 0.2) is 48.7 Å². The van der Waals surface area contributed by atoms with Crippen molar-refractivity contribution in [2.45, 2.75) is 76.7 Å². The Bertz CT molecular complexity index is 885. The first-order valence-electron chi connectivity index (χ1n) is 12.7. The summed E-state index contributed by atoms with van der Waals surface area (Å²) >= 11 is 0. The SMILES string of the molecule is O=C(O)C[C@H](NCc1ccccn1)C(=O)NCc1ccc(CNCCCNC2CCCCC2)cc1. The molecule has 0 bridgehead atoms. The van der Waals surface area contributed by atoms with Crippen molar-refractivity contribution < 1.29 is 14.7 Å². The Hall–Kier alpha value is -2.81. The first-order chi connectivity index (χ1) is 17.1. The number of nitrogens with one attached hydrogen (secondary N) is 4. The van der Waals surface area contributed by atoms with Gasteiger partial charge in [-0.05, 0) is 55.6 Å². The van der Waals surface area contributed by atoms with E-state index in [1.165, 1.54) is 37.7 Å². The number of aromatic nitrogens is 1. The molecule has 8 nitrogen and oxygen atoms in total. The van der Waals surface area contributed by atoms with Crippen LogP contribution in [-0.2, 0) is 29.2 Å². The van der Waals surface area contributed by atoms with Gasteiger partial charge >= 0.3 is 5.97 Å². The molecule has 0 aliphatic heterocycles. The molecule has 35 heavy (non-hydrogen) atoms. The summed E-state index contributed by atoms with van der Waals surface area (Å²) in [5.41, 5.74) is 2.92. The van der Waals surface area contributed by atoms with Crippen LogP contribution in [0.3, 0.4) is 0 Å². The van der Waals surface area contributed by atoms with E-state index in [9.17, 15) is 14.7 Å². The van der Waals surface area contributed by atoms with E-state index in [0.717, 1.165) is 37.3 Å². The summed E-state index contributed by atoms with van der Waals surface area (Å²) in [5.74, 6) is -1.36. The summed E-state index contributed by atoms with van der Waals surface area (Å²) in [6.07, 6.45) is 9.25. The lowest BCUT2D eigenvalue weighted by molar-refractivity contribution is -0.140. The van der Waals surface area contributed by atoms with E-state index in [2.05, 4.69) is 38.4 Å². The van der Waals surface area contributed by atoms with Crippen LogP contribution in [0.25, 0.3) is 0 Å². The average Bonchev–Trinajstić information content (AvgIpc) is 2.89. The van der Waals surface area contributed by atoms with E-state index in [-0.39, 0.29) is 12.3 Å². The molecule has 1 saturated carbocycles. The Labute approximate surface area is 208 Å². The molecule has 1 amide bonds. The summed E-state index contributed by atoms with van der Waals surface area (Å²) in [6.45, 7) is 3.53. The standard InChI is InChI=1S/C27H39N5O3/c33-26(34)17-25(31-20-24-9-4-5-15-30-24)27(35)32-19-22-12-10-21(11-13-22)18-28-14-6-16-29-23-7-2-1-3-8-23/h4-5,9-13,15,23,25,28-29,31H,1-3,6-8,14,16-20H2,(H,32,35)(H,33,34)/t25-/m0/s1. The number of rotatable bonds is 15. The molecule has 1 atom stereocenters. The van der Waals surface area contributed by atoms with Crippen molar-refractivity contribution in [1.29, 1.82) is 0 Å². The number of carboxylic acids is 1. The second-order valence-corrected chi connectivity index (χ2v) is 9.21. The van der Waals surface area contributed by atoms with Crippen molar-refractivity contribution in [3.05, 3.63) is 65.5 Å². The molecule has 1 aliphatic carbocycles. The van der Waals surface area contributed by atoms with E-state index < -0.39 is 12.0 Å². The second kappa shape index (κ2) is 15.2. The van der Waals surface area contributed by atoms with Crippen molar-refractivity contribution in [2.75, 3.05) is 13.1 Å². The molecule has 2 aromatic rings. The molecule has 1 aromatic carbocycles. The molecule has 0 saturated heterocycles. The highest BCUT2D eigenvalue weighted by molar-refractivity contribution is 5.86. The zero-order valence-corrected chi connectivity index (χ0v) is 20.5. The lowest BCUT2D eigenvalue weighted by Crippen LogP contribution is -2.45. The summed E-state index contributed by atoms with van der Waals surface area (Å²) in [7, 11) is 0. The average molecular weight is 482 g/mol. The van der Waals surface area contributed by atoms with Crippen LogP contribution in [0.5, 0.6) is 0 Å².